The number of nitrogens with one attached hydrogen (secondary N) is 2. The average molecular weight is 353 g/mol. The molecule has 0 aromatic heterocycles. The van der Waals surface area contributed by atoms with Gasteiger partial charge in [-0.3, -0.25) is 4.79 Å². The van der Waals surface area contributed by atoms with Gasteiger partial charge in [0.2, 0.25) is 5.91 Å². The minimum atomic E-state index is -0.191. The summed E-state index contributed by atoms with van der Waals surface area (Å²) < 4.78 is 5.55. The first-order chi connectivity index (χ1) is 11.1. The van der Waals surface area contributed by atoms with Gasteiger partial charge in [-0.1, -0.05) is 36.2 Å². The lowest BCUT2D eigenvalue weighted by Crippen LogP contribution is -2.21. The van der Waals surface area contributed by atoms with E-state index >= 15 is 0 Å². The summed E-state index contributed by atoms with van der Waals surface area (Å²) in [5.41, 5.74) is 1.38. The van der Waals surface area contributed by atoms with Gasteiger partial charge in [0.05, 0.1) is 13.2 Å². The van der Waals surface area contributed by atoms with Crippen LogP contribution in [0.25, 0.3) is 0 Å². The second-order valence-corrected chi connectivity index (χ2v) is 5.81. The molecule has 0 aliphatic rings. The fourth-order valence-corrected chi connectivity index (χ4v) is 2.46. The molecule has 0 bridgehead atoms. The van der Waals surface area contributed by atoms with E-state index < -0.39 is 0 Å². The molecule has 0 aliphatic heterocycles. The Balaban J connectivity index is 1.88. The van der Waals surface area contributed by atoms with Crippen molar-refractivity contribution in [2.24, 2.45) is 0 Å². The summed E-state index contributed by atoms with van der Waals surface area (Å²) >= 11 is 11.8. The lowest BCUT2D eigenvalue weighted by molar-refractivity contribution is -0.114. The van der Waals surface area contributed by atoms with Gasteiger partial charge in [0, 0.05) is 27.5 Å². The third kappa shape index (κ3) is 6.00. The van der Waals surface area contributed by atoms with Crippen LogP contribution in [0.2, 0.25) is 10.0 Å². The average Bonchev–Trinajstić information content (AvgIpc) is 2.50. The SMILES string of the molecule is CCCOc1cccc(NCC(=O)Nc2cc(Cl)cc(Cl)c2)c1. The molecular weight excluding hydrogens is 335 g/mol. The molecule has 0 unspecified atom stereocenters. The molecule has 1 amide bonds. The lowest BCUT2D eigenvalue weighted by Gasteiger charge is -2.10. The van der Waals surface area contributed by atoms with Crippen LogP contribution in [0.1, 0.15) is 13.3 Å². The standard InChI is InChI=1S/C17H18Cl2N2O2/c1-2-6-23-16-5-3-4-14(10-16)20-11-17(22)21-15-8-12(18)7-13(19)9-15/h3-5,7-10,20H,2,6,11H2,1H3,(H,21,22). The largest absolute Gasteiger partial charge is 0.494 e. The quantitative estimate of drug-likeness (QED) is 0.749. The predicted molar refractivity (Wildman–Crippen MR) is 95.8 cm³/mol. The van der Waals surface area contributed by atoms with Gasteiger partial charge in [-0.15, -0.1) is 0 Å². The Bertz CT molecular complexity index is 657. The Morgan fingerprint density at radius 3 is 2.52 bits per heavy atom. The number of ether oxygens (including phenoxy) is 1. The molecule has 4 nitrogen and oxygen atoms in total. The zero-order valence-electron chi connectivity index (χ0n) is 12.7. The summed E-state index contributed by atoms with van der Waals surface area (Å²) in [5.74, 6) is 0.585. The number of amides is 1. The van der Waals surface area contributed by atoms with E-state index in [9.17, 15) is 4.79 Å². The molecule has 2 aromatic rings. The van der Waals surface area contributed by atoms with Crippen molar-refractivity contribution in [3.05, 3.63) is 52.5 Å². The number of carbonyl (C=O) groups excluding carboxylic acids is 1. The van der Waals surface area contributed by atoms with Crippen LogP contribution in [-0.2, 0) is 4.79 Å². The Labute approximate surface area is 145 Å². The summed E-state index contributed by atoms with van der Waals surface area (Å²) in [6.45, 7) is 2.84. The van der Waals surface area contributed by atoms with Crippen molar-refractivity contribution >= 4 is 40.5 Å². The fourth-order valence-electron chi connectivity index (χ4n) is 1.93. The normalized spacial score (nSPS) is 10.2. The zero-order chi connectivity index (χ0) is 16.7. The second kappa shape index (κ2) is 8.65. The molecule has 0 atom stereocenters. The van der Waals surface area contributed by atoms with Crippen LogP contribution in [0.15, 0.2) is 42.5 Å². The number of rotatable bonds is 7. The number of anilines is 2. The molecule has 2 aromatic carbocycles. The summed E-state index contributed by atoms with van der Waals surface area (Å²) in [4.78, 5) is 12.0. The maximum absolute atomic E-state index is 12.0. The van der Waals surface area contributed by atoms with Gasteiger partial charge in [0.25, 0.3) is 0 Å². The molecule has 6 heteroatoms. The molecule has 0 heterocycles. The van der Waals surface area contributed by atoms with Gasteiger partial charge in [-0.25, -0.2) is 0 Å². The van der Waals surface area contributed by atoms with Crippen LogP contribution >= 0.6 is 23.2 Å². The van der Waals surface area contributed by atoms with E-state index in [4.69, 9.17) is 27.9 Å². The summed E-state index contributed by atoms with van der Waals surface area (Å²) in [7, 11) is 0. The maximum atomic E-state index is 12.0. The van der Waals surface area contributed by atoms with Crippen molar-refractivity contribution in [1.82, 2.24) is 0 Å². The number of carbonyl (C=O) groups is 1. The molecule has 0 saturated carbocycles. The number of benzene rings is 2. The molecule has 2 rings (SSSR count). The van der Waals surface area contributed by atoms with Crippen LogP contribution in [0.3, 0.4) is 0 Å². The van der Waals surface area contributed by atoms with Crippen LogP contribution in [0.5, 0.6) is 5.75 Å². The third-order valence-electron chi connectivity index (χ3n) is 2.91. The van der Waals surface area contributed by atoms with E-state index in [-0.39, 0.29) is 12.5 Å². The fraction of sp³-hybridized carbons (Fsp3) is 0.235. The highest BCUT2D eigenvalue weighted by Crippen LogP contribution is 2.22. The van der Waals surface area contributed by atoms with Gasteiger partial charge in [0.15, 0.2) is 0 Å². The Morgan fingerprint density at radius 2 is 1.83 bits per heavy atom. The van der Waals surface area contributed by atoms with Crippen LogP contribution in [0, 0.1) is 0 Å². The number of halogens is 2. The number of hydrogen-bond acceptors (Lipinski definition) is 3. The summed E-state index contributed by atoms with van der Waals surface area (Å²) in [6.07, 6.45) is 0.947. The molecule has 122 valence electrons. The predicted octanol–water partition coefficient (Wildman–Crippen LogP) is 4.83. The molecule has 0 spiro atoms. The van der Waals surface area contributed by atoms with Gasteiger partial charge < -0.3 is 15.4 Å². The van der Waals surface area contributed by atoms with Crippen molar-refractivity contribution in [1.29, 1.82) is 0 Å². The van der Waals surface area contributed by atoms with Gasteiger partial charge in [-0.05, 0) is 36.8 Å². The maximum Gasteiger partial charge on any atom is 0.243 e. The van der Waals surface area contributed by atoms with Crippen LogP contribution in [-0.4, -0.2) is 19.1 Å². The Morgan fingerprint density at radius 1 is 1.09 bits per heavy atom. The highest BCUT2D eigenvalue weighted by atomic mass is 35.5. The molecule has 2 N–H and O–H groups in total. The molecule has 0 fully saturated rings. The molecule has 23 heavy (non-hydrogen) atoms. The highest BCUT2D eigenvalue weighted by molar-refractivity contribution is 6.35. The van der Waals surface area contributed by atoms with Crippen molar-refractivity contribution in [3.63, 3.8) is 0 Å². The van der Waals surface area contributed by atoms with Crippen molar-refractivity contribution in [3.8, 4) is 5.75 Å². The zero-order valence-corrected chi connectivity index (χ0v) is 14.2. The Kier molecular flexibility index (Phi) is 6.56. The second-order valence-electron chi connectivity index (χ2n) is 4.94. The van der Waals surface area contributed by atoms with Crippen molar-refractivity contribution in [2.45, 2.75) is 13.3 Å². The van der Waals surface area contributed by atoms with E-state index in [1.54, 1.807) is 18.2 Å². The van der Waals surface area contributed by atoms with Gasteiger partial charge >= 0.3 is 0 Å². The summed E-state index contributed by atoms with van der Waals surface area (Å²) in [6, 6.07) is 12.4. The monoisotopic (exact) mass is 352 g/mol. The van der Waals surface area contributed by atoms with E-state index in [0.717, 1.165) is 17.9 Å². The lowest BCUT2D eigenvalue weighted by atomic mass is 10.3. The third-order valence-corrected chi connectivity index (χ3v) is 3.34. The Hall–Kier alpha value is -1.91. The topological polar surface area (TPSA) is 50.4 Å². The first-order valence-corrected chi connectivity index (χ1v) is 8.05. The molecule has 0 radical (unpaired) electrons. The highest BCUT2D eigenvalue weighted by Gasteiger charge is 2.05. The first-order valence-electron chi connectivity index (χ1n) is 7.29. The smallest absolute Gasteiger partial charge is 0.243 e. The number of hydrogen-bond donors (Lipinski definition) is 2. The first kappa shape index (κ1) is 17.4. The van der Waals surface area contributed by atoms with Crippen LogP contribution < -0.4 is 15.4 Å². The van der Waals surface area contributed by atoms with Gasteiger partial charge in [-0.2, -0.15) is 0 Å². The van der Waals surface area contributed by atoms with Gasteiger partial charge in [0.1, 0.15) is 5.75 Å². The van der Waals surface area contributed by atoms with E-state index in [1.165, 1.54) is 0 Å². The molecule has 0 saturated heterocycles. The van der Waals surface area contributed by atoms with Crippen LogP contribution in [0.4, 0.5) is 11.4 Å². The minimum Gasteiger partial charge on any atom is -0.494 e. The minimum absolute atomic E-state index is 0.126. The van der Waals surface area contributed by atoms with Crippen molar-refractivity contribution < 1.29 is 9.53 Å². The van der Waals surface area contributed by atoms with E-state index in [0.29, 0.717) is 22.3 Å². The molecule has 0 aliphatic carbocycles. The van der Waals surface area contributed by atoms with E-state index in [2.05, 4.69) is 17.6 Å². The summed E-state index contributed by atoms with van der Waals surface area (Å²) in [5, 5.41) is 6.74. The molecular formula is C17H18Cl2N2O2. The van der Waals surface area contributed by atoms with E-state index in [1.807, 2.05) is 24.3 Å². The van der Waals surface area contributed by atoms with Crippen molar-refractivity contribution in [2.75, 3.05) is 23.8 Å².